The van der Waals surface area contributed by atoms with Crippen molar-refractivity contribution in [2.45, 2.75) is 25.6 Å². The van der Waals surface area contributed by atoms with Gasteiger partial charge in [-0.05, 0) is 46.5 Å². The first-order valence-corrected chi connectivity index (χ1v) is 9.53. The molecule has 0 fully saturated rings. The fourth-order valence-electron chi connectivity index (χ4n) is 2.60. The average molecular weight is 361 g/mol. The summed E-state index contributed by atoms with van der Waals surface area (Å²) in [6.45, 7) is 0.688. The molecule has 0 spiro atoms. The smallest absolute Gasteiger partial charge is 0.124 e. The first-order valence-electron chi connectivity index (χ1n) is 7.70. The molecular formula is C18H20N2O2S2. The summed E-state index contributed by atoms with van der Waals surface area (Å²) >= 11 is 3.39. The lowest BCUT2D eigenvalue weighted by atomic mass is 10.1. The van der Waals surface area contributed by atoms with Gasteiger partial charge in [-0.2, -0.15) is 11.3 Å². The van der Waals surface area contributed by atoms with Gasteiger partial charge in [-0.15, -0.1) is 11.3 Å². The van der Waals surface area contributed by atoms with E-state index in [4.69, 9.17) is 4.74 Å². The molecule has 126 valence electrons. The molecule has 0 radical (unpaired) electrons. The van der Waals surface area contributed by atoms with Crippen molar-refractivity contribution in [1.82, 2.24) is 10.3 Å². The predicted molar refractivity (Wildman–Crippen MR) is 98.6 cm³/mol. The Hall–Kier alpha value is -1.73. The number of rotatable bonds is 8. The molecule has 0 unspecified atom stereocenters. The summed E-state index contributed by atoms with van der Waals surface area (Å²) < 4.78 is 5.26. The molecule has 2 N–H and O–H groups in total. The standard InChI is InChI=1S/C18H20N2O2S2/c1-22-17-3-2-13(8-15(17)11-21)10-20-16(18-19-5-7-24-18)9-14-4-6-23-12-14/h2-8,12,16,20-21H,9-11H2,1H3/t16-/m0/s1. The number of nitrogens with one attached hydrogen (secondary N) is 1. The van der Waals surface area contributed by atoms with Crippen LogP contribution in [0.2, 0.25) is 0 Å². The summed E-state index contributed by atoms with van der Waals surface area (Å²) in [6.07, 6.45) is 2.76. The van der Waals surface area contributed by atoms with Crippen molar-refractivity contribution in [3.8, 4) is 5.75 Å². The van der Waals surface area contributed by atoms with Gasteiger partial charge in [-0.3, -0.25) is 0 Å². The zero-order valence-electron chi connectivity index (χ0n) is 13.4. The van der Waals surface area contributed by atoms with Crippen LogP contribution in [0.4, 0.5) is 0 Å². The van der Waals surface area contributed by atoms with Crippen LogP contribution in [-0.2, 0) is 19.6 Å². The molecule has 1 atom stereocenters. The van der Waals surface area contributed by atoms with Crippen molar-refractivity contribution >= 4 is 22.7 Å². The van der Waals surface area contributed by atoms with Gasteiger partial charge in [0.15, 0.2) is 0 Å². The average Bonchev–Trinajstić information content (AvgIpc) is 3.31. The molecular weight excluding hydrogens is 340 g/mol. The second kappa shape index (κ2) is 8.39. The molecule has 2 aromatic heterocycles. The summed E-state index contributed by atoms with van der Waals surface area (Å²) in [5, 5.41) is 20.4. The maximum absolute atomic E-state index is 9.47. The molecule has 3 aromatic rings. The summed E-state index contributed by atoms with van der Waals surface area (Å²) in [4.78, 5) is 4.47. The van der Waals surface area contributed by atoms with Crippen LogP contribution in [0, 0.1) is 0 Å². The summed E-state index contributed by atoms with van der Waals surface area (Å²) in [5.74, 6) is 0.719. The molecule has 4 nitrogen and oxygen atoms in total. The van der Waals surface area contributed by atoms with Crippen LogP contribution in [0.1, 0.15) is 27.7 Å². The molecule has 0 saturated carbocycles. The zero-order valence-corrected chi connectivity index (χ0v) is 15.1. The second-order valence-electron chi connectivity index (χ2n) is 5.44. The first kappa shape index (κ1) is 17.1. The summed E-state index contributed by atoms with van der Waals surface area (Å²) in [7, 11) is 1.62. The van der Waals surface area contributed by atoms with Gasteiger partial charge in [0.25, 0.3) is 0 Å². The van der Waals surface area contributed by atoms with E-state index in [1.54, 1.807) is 29.8 Å². The predicted octanol–water partition coefficient (Wildman–Crippen LogP) is 3.78. The van der Waals surface area contributed by atoms with Gasteiger partial charge in [-0.1, -0.05) is 6.07 Å². The second-order valence-corrected chi connectivity index (χ2v) is 7.15. The number of aliphatic hydroxyl groups excluding tert-OH is 1. The van der Waals surface area contributed by atoms with Crippen LogP contribution in [0.3, 0.4) is 0 Å². The van der Waals surface area contributed by atoms with Crippen LogP contribution >= 0.6 is 22.7 Å². The van der Waals surface area contributed by atoms with Crippen LogP contribution in [0.5, 0.6) is 5.75 Å². The highest BCUT2D eigenvalue weighted by atomic mass is 32.1. The summed E-state index contributed by atoms with van der Waals surface area (Å²) in [6, 6.07) is 8.24. The lowest BCUT2D eigenvalue weighted by Gasteiger charge is -2.17. The molecule has 0 aliphatic carbocycles. The Morgan fingerprint density at radius 1 is 1.25 bits per heavy atom. The van der Waals surface area contributed by atoms with Gasteiger partial charge < -0.3 is 15.2 Å². The fraction of sp³-hybridized carbons (Fsp3) is 0.278. The van der Waals surface area contributed by atoms with E-state index in [9.17, 15) is 5.11 Å². The number of thiazole rings is 1. The number of hydrogen-bond acceptors (Lipinski definition) is 6. The lowest BCUT2D eigenvalue weighted by molar-refractivity contribution is 0.273. The quantitative estimate of drug-likeness (QED) is 0.642. The van der Waals surface area contributed by atoms with Gasteiger partial charge in [0.2, 0.25) is 0 Å². The topological polar surface area (TPSA) is 54.4 Å². The maximum atomic E-state index is 9.47. The van der Waals surface area contributed by atoms with E-state index in [-0.39, 0.29) is 12.6 Å². The number of hydrogen-bond donors (Lipinski definition) is 2. The highest BCUT2D eigenvalue weighted by Gasteiger charge is 2.15. The molecule has 0 aliphatic heterocycles. The minimum atomic E-state index is -0.0260. The van der Waals surface area contributed by atoms with Crippen LogP contribution < -0.4 is 10.1 Å². The number of thiophene rings is 1. The molecule has 6 heteroatoms. The Kier molecular flexibility index (Phi) is 5.98. The van der Waals surface area contributed by atoms with E-state index in [0.717, 1.165) is 28.3 Å². The summed E-state index contributed by atoms with van der Waals surface area (Å²) in [5.41, 5.74) is 3.24. The van der Waals surface area contributed by atoms with Gasteiger partial charge in [0, 0.05) is 23.7 Å². The van der Waals surface area contributed by atoms with E-state index < -0.39 is 0 Å². The molecule has 0 aliphatic rings. The molecule has 0 saturated heterocycles. The highest BCUT2D eigenvalue weighted by molar-refractivity contribution is 7.09. The van der Waals surface area contributed by atoms with Gasteiger partial charge >= 0.3 is 0 Å². The molecule has 0 bridgehead atoms. The van der Waals surface area contributed by atoms with Crippen molar-refractivity contribution in [2.24, 2.45) is 0 Å². The Morgan fingerprint density at radius 2 is 2.17 bits per heavy atom. The van der Waals surface area contributed by atoms with Crippen LogP contribution in [-0.4, -0.2) is 17.2 Å². The SMILES string of the molecule is COc1ccc(CN[C@@H](Cc2ccsc2)c2nccs2)cc1CO. The van der Waals surface area contributed by atoms with Crippen molar-refractivity contribution < 1.29 is 9.84 Å². The number of benzene rings is 1. The third-order valence-corrected chi connectivity index (χ3v) is 5.46. The monoisotopic (exact) mass is 360 g/mol. The van der Waals surface area contributed by atoms with E-state index in [1.165, 1.54) is 5.56 Å². The minimum Gasteiger partial charge on any atom is -0.496 e. The third-order valence-electron chi connectivity index (χ3n) is 3.84. The van der Waals surface area contributed by atoms with Gasteiger partial charge in [-0.25, -0.2) is 4.98 Å². The Balaban J connectivity index is 1.71. The van der Waals surface area contributed by atoms with E-state index in [0.29, 0.717) is 6.54 Å². The van der Waals surface area contributed by atoms with Crippen molar-refractivity contribution in [3.05, 3.63) is 68.3 Å². The fourth-order valence-corrected chi connectivity index (χ4v) is 4.00. The largest absolute Gasteiger partial charge is 0.496 e. The van der Waals surface area contributed by atoms with Crippen molar-refractivity contribution in [3.63, 3.8) is 0 Å². The maximum Gasteiger partial charge on any atom is 0.124 e. The van der Waals surface area contributed by atoms with E-state index in [2.05, 4.69) is 27.1 Å². The van der Waals surface area contributed by atoms with E-state index >= 15 is 0 Å². The lowest BCUT2D eigenvalue weighted by Crippen LogP contribution is -2.22. The first-order chi connectivity index (χ1) is 11.8. The van der Waals surface area contributed by atoms with Gasteiger partial charge in [0.1, 0.15) is 10.8 Å². The number of aromatic nitrogens is 1. The Labute approximate surface area is 149 Å². The minimum absolute atomic E-state index is 0.0260. The number of aliphatic hydroxyl groups is 1. The third kappa shape index (κ3) is 4.21. The number of methoxy groups -OCH3 is 1. The Morgan fingerprint density at radius 3 is 2.83 bits per heavy atom. The molecule has 2 heterocycles. The van der Waals surface area contributed by atoms with E-state index in [1.807, 2.05) is 29.8 Å². The number of ether oxygens (including phenoxy) is 1. The molecule has 3 rings (SSSR count). The molecule has 1 aromatic carbocycles. The van der Waals surface area contributed by atoms with Crippen LogP contribution in [0.25, 0.3) is 0 Å². The van der Waals surface area contributed by atoms with Crippen LogP contribution in [0.15, 0.2) is 46.6 Å². The zero-order chi connectivity index (χ0) is 16.8. The van der Waals surface area contributed by atoms with Gasteiger partial charge in [0.05, 0.1) is 19.8 Å². The molecule has 0 amide bonds. The number of nitrogens with zero attached hydrogens (tertiary/aromatic N) is 1. The Bertz CT molecular complexity index is 742. The highest BCUT2D eigenvalue weighted by Crippen LogP contribution is 2.24. The van der Waals surface area contributed by atoms with Crippen molar-refractivity contribution in [1.29, 1.82) is 0 Å². The molecule has 24 heavy (non-hydrogen) atoms. The van der Waals surface area contributed by atoms with Crippen molar-refractivity contribution in [2.75, 3.05) is 7.11 Å². The normalized spacial score (nSPS) is 12.2.